The quantitative estimate of drug-likeness (QED) is 0.549. The third-order valence-corrected chi connectivity index (χ3v) is 5.96. The maximum atomic E-state index is 13.3. The Morgan fingerprint density at radius 1 is 1.09 bits per heavy atom. The third-order valence-electron chi connectivity index (χ3n) is 4.97. The summed E-state index contributed by atoms with van der Waals surface area (Å²) in [5.74, 6) is 1.72. The van der Waals surface area contributed by atoms with Crippen molar-refractivity contribution in [1.29, 1.82) is 0 Å². The van der Waals surface area contributed by atoms with Gasteiger partial charge in [-0.2, -0.15) is 0 Å². The standard InChI is InChI=1S/C26H36N2O3S/c1-7-23(25(30)27-26(3,4)5)28(16-21-10-8-9-19(2)15-21)24(29)18-32-17-20-11-13-22(31-6)14-12-20/h8-15,23H,7,16-18H2,1-6H3,(H,27,30)/t23-/m0/s1. The Bertz CT molecular complexity index is 891. The Hall–Kier alpha value is -2.47. The van der Waals surface area contributed by atoms with Gasteiger partial charge in [-0.05, 0) is 57.4 Å². The first kappa shape index (κ1) is 25.8. The predicted molar refractivity (Wildman–Crippen MR) is 133 cm³/mol. The van der Waals surface area contributed by atoms with Crippen LogP contribution >= 0.6 is 11.8 Å². The van der Waals surface area contributed by atoms with Crippen molar-refractivity contribution in [3.8, 4) is 5.75 Å². The Labute approximate surface area is 196 Å². The predicted octanol–water partition coefficient (Wildman–Crippen LogP) is 4.96. The molecule has 0 saturated carbocycles. The Morgan fingerprint density at radius 2 is 1.78 bits per heavy atom. The summed E-state index contributed by atoms with van der Waals surface area (Å²) in [4.78, 5) is 28.1. The van der Waals surface area contributed by atoms with Gasteiger partial charge in [0.05, 0.1) is 12.9 Å². The number of hydrogen-bond donors (Lipinski definition) is 1. The minimum absolute atomic E-state index is 0.0269. The molecule has 0 heterocycles. The summed E-state index contributed by atoms with van der Waals surface area (Å²) < 4.78 is 5.20. The molecule has 2 aromatic rings. The Balaban J connectivity index is 2.13. The molecule has 0 aliphatic heterocycles. The first-order valence-corrected chi connectivity index (χ1v) is 12.2. The highest BCUT2D eigenvalue weighted by atomic mass is 32.2. The molecule has 2 aromatic carbocycles. The number of amides is 2. The van der Waals surface area contributed by atoms with Crippen LogP contribution in [0, 0.1) is 6.92 Å². The zero-order valence-electron chi connectivity index (χ0n) is 20.1. The van der Waals surface area contributed by atoms with E-state index in [-0.39, 0.29) is 17.4 Å². The second-order valence-corrected chi connectivity index (χ2v) is 10.0. The van der Waals surface area contributed by atoms with E-state index in [4.69, 9.17) is 4.74 Å². The van der Waals surface area contributed by atoms with E-state index in [1.165, 1.54) is 0 Å². The molecule has 0 fully saturated rings. The summed E-state index contributed by atoms with van der Waals surface area (Å²) in [6.07, 6.45) is 0.558. The normalized spacial score (nSPS) is 12.2. The number of aryl methyl sites for hydroxylation is 1. The van der Waals surface area contributed by atoms with Crippen LogP contribution < -0.4 is 10.1 Å². The smallest absolute Gasteiger partial charge is 0.243 e. The maximum Gasteiger partial charge on any atom is 0.243 e. The van der Waals surface area contributed by atoms with Crippen molar-refractivity contribution < 1.29 is 14.3 Å². The SMILES string of the molecule is CC[C@@H](C(=O)NC(C)(C)C)N(Cc1cccc(C)c1)C(=O)CSCc1ccc(OC)cc1. The van der Waals surface area contributed by atoms with E-state index in [0.717, 1.165) is 28.2 Å². The van der Waals surface area contributed by atoms with Crippen LogP contribution in [-0.4, -0.2) is 41.2 Å². The molecule has 0 aliphatic rings. The van der Waals surface area contributed by atoms with Crippen LogP contribution in [-0.2, 0) is 21.9 Å². The molecule has 0 spiro atoms. The number of ether oxygens (including phenoxy) is 1. The van der Waals surface area contributed by atoms with E-state index < -0.39 is 6.04 Å². The van der Waals surface area contributed by atoms with Gasteiger partial charge in [0.15, 0.2) is 0 Å². The van der Waals surface area contributed by atoms with Crippen LogP contribution in [0.5, 0.6) is 5.75 Å². The number of rotatable bonds is 10. The molecule has 6 heteroatoms. The number of carbonyl (C=O) groups is 2. The molecular weight excluding hydrogens is 420 g/mol. The lowest BCUT2D eigenvalue weighted by molar-refractivity contribution is -0.140. The first-order valence-electron chi connectivity index (χ1n) is 11.0. The van der Waals surface area contributed by atoms with Gasteiger partial charge < -0.3 is 15.0 Å². The largest absolute Gasteiger partial charge is 0.497 e. The monoisotopic (exact) mass is 456 g/mol. The van der Waals surface area contributed by atoms with Crippen molar-refractivity contribution in [3.63, 3.8) is 0 Å². The lowest BCUT2D eigenvalue weighted by atomic mass is 10.1. The molecule has 1 N–H and O–H groups in total. The second kappa shape index (κ2) is 12.0. The Morgan fingerprint density at radius 3 is 2.34 bits per heavy atom. The van der Waals surface area contributed by atoms with Gasteiger partial charge in [-0.25, -0.2) is 0 Å². The van der Waals surface area contributed by atoms with Gasteiger partial charge in [0.1, 0.15) is 11.8 Å². The van der Waals surface area contributed by atoms with Crippen molar-refractivity contribution in [2.24, 2.45) is 0 Å². The highest BCUT2D eigenvalue weighted by molar-refractivity contribution is 7.99. The molecule has 0 saturated heterocycles. The van der Waals surface area contributed by atoms with Gasteiger partial charge >= 0.3 is 0 Å². The molecule has 32 heavy (non-hydrogen) atoms. The summed E-state index contributed by atoms with van der Waals surface area (Å²) in [5.41, 5.74) is 2.94. The van der Waals surface area contributed by atoms with Crippen LogP contribution in [0.25, 0.3) is 0 Å². The topological polar surface area (TPSA) is 58.6 Å². The van der Waals surface area contributed by atoms with Crippen molar-refractivity contribution in [2.75, 3.05) is 12.9 Å². The fraction of sp³-hybridized carbons (Fsp3) is 0.462. The number of thioether (sulfide) groups is 1. The van der Waals surface area contributed by atoms with E-state index in [1.54, 1.807) is 23.8 Å². The van der Waals surface area contributed by atoms with Crippen LogP contribution in [0.4, 0.5) is 0 Å². The number of nitrogens with one attached hydrogen (secondary N) is 1. The van der Waals surface area contributed by atoms with Crippen LogP contribution in [0.15, 0.2) is 48.5 Å². The number of carbonyl (C=O) groups excluding carboxylic acids is 2. The summed E-state index contributed by atoms with van der Waals surface area (Å²) >= 11 is 1.56. The van der Waals surface area contributed by atoms with E-state index in [0.29, 0.717) is 18.7 Å². The number of methoxy groups -OCH3 is 1. The molecule has 2 amide bonds. The van der Waals surface area contributed by atoms with E-state index in [1.807, 2.05) is 77.1 Å². The number of hydrogen-bond acceptors (Lipinski definition) is 4. The molecule has 5 nitrogen and oxygen atoms in total. The molecule has 0 aliphatic carbocycles. The Kier molecular flexibility index (Phi) is 9.63. The molecule has 0 radical (unpaired) electrons. The fourth-order valence-electron chi connectivity index (χ4n) is 3.44. The first-order chi connectivity index (χ1) is 15.1. The average molecular weight is 457 g/mol. The molecular formula is C26H36N2O3S. The van der Waals surface area contributed by atoms with E-state index >= 15 is 0 Å². The van der Waals surface area contributed by atoms with Crippen LogP contribution in [0.2, 0.25) is 0 Å². The van der Waals surface area contributed by atoms with Gasteiger partial charge in [0, 0.05) is 17.8 Å². The minimum atomic E-state index is -0.510. The summed E-state index contributed by atoms with van der Waals surface area (Å²) in [6, 6.07) is 15.4. The molecule has 2 rings (SSSR count). The minimum Gasteiger partial charge on any atom is -0.497 e. The van der Waals surface area contributed by atoms with Gasteiger partial charge in [-0.3, -0.25) is 9.59 Å². The highest BCUT2D eigenvalue weighted by Crippen LogP contribution is 2.20. The van der Waals surface area contributed by atoms with Gasteiger partial charge in [0.2, 0.25) is 11.8 Å². The summed E-state index contributed by atoms with van der Waals surface area (Å²) in [5, 5.41) is 3.04. The van der Waals surface area contributed by atoms with Gasteiger partial charge in [0.25, 0.3) is 0 Å². The number of benzene rings is 2. The van der Waals surface area contributed by atoms with Gasteiger partial charge in [-0.15, -0.1) is 11.8 Å². The van der Waals surface area contributed by atoms with E-state index in [9.17, 15) is 9.59 Å². The summed E-state index contributed by atoms with van der Waals surface area (Å²) in [7, 11) is 1.64. The zero-order valence-corrected chi connectivity index (χ0v) is 20.9. The average Bonchev–Trinajstić information content (AvgIpc) is 2.72. The highest BCUT2D eigenvalue weighted by Gasteiger charge is 2.30. The molecule has 1 atom stereocenters. The molecule has 0 unspecified atom stereocenters. The van der Waals surface area contributed by atoms with Crippen molar-refractivity contribution in [1.82, 2.24) is 10.2 Å². The number of nitrogens with zero attached hydrogens (tertiary/aromatic N) is 1. The second-order valence-electron chi connectivity index (χ2n) is 9.01. The van der Waals surface area contributed by atoms with E-state index in [2.05, 4.69) is 11.4 Å². The summed E-state index contributed by atoms with van der Waals surface area (Å²) in [6.45, 7) is 10.3. The lowest BCUT2D eigenvalue weighted by Crippen LogP contribution is -2.53. The maximum absolute atomic E-state index is 13.3. The van der Waals surface area contributed by atoms with Gasteiger partial charge in [-0.1, -0.05) is 48.9 Å². The molecule has 174 valence electrons. The fourth-order valence-corrected chi connectivity index (χ4v) is 4.31. The lowest BCUT2D eigenvalue weighted by Gasteiger charge is -2.33. The van der Waals surface area contributed by atoms with Crippen molar-refractivity contribution in [3.05, 3.63) is 65.2 Å². The zero-order chi connectivity index (χ0) is 23.7. The third kappa shape index (κ3) is 8.23. The van der Waals surface area contributed by atoms with Crippen LogP contribution in [0.1, 0.15) is 50.8 Å². The van der Waals surface area contributed by atoms with Crippen molar-refractivity contribution >= 4 is 23.6 Å². The van der Waals surface area contributed by atoms with Crippen molar-refractivity contribution in [2.45, 2.75) is 64.9 Å². The van der Waals surface area contributed by atoms with Crippen LogP contribution in [0.3, 0.4) is 0 Å². The molecule has 0 aromatic heterocycles. The molecule has 0 bridgehead atoms.